The second kappa shape index (κ2) is 6.69. The standard InChI is InChI=1S/C13H25NO3/c1-14(5-7-17-9-11-2-3-11)8-13(15)12-4-6-16-10-12/h11-13,15H,2-10H2,1H3. The maximum atomic E-state index is 10.0. The largest absolute Gasteiger partial charge is 0.391 e. The zero-order chi connectivity index (χ0) is 12.1. The molecule has 0 aromatic rings. The Morgan fingerprint density at radius 3 is 2.88 bits per heavy atom. The Labute approximate surface area is 104 Å². The van der Waals surface area contributed by atoms with E-state index in [0.717, 1.165) is 45.2 Å². The average Bonchev–Trinajstić information content (AvgIpc) is 2.95. The van der Waals surface area contributed by atoms with Crippen molar-refractivity contribution in [1.82, 2.24) is 4.90 Å². The van der Waals surface area contributed by atoms with Gasteiger partial charge in [0, 0.05) is 32.2 Å². The van der Waals surface area contributed by atoms with Crippen LogP contribution in [0.4, 0.5) is 0 Å². The normalized spacial score (nSPS) is 26.6. The summed E-state index contributed by atoms with van der Waals surface area (Å²) in [4.78, 5) is 2.15. The molecule has 1 saturated heterocycles. The van der Waals surface area contributed by atoms with E-state index in [1.54, 1.807) is 0 Å². The molecule has 1 aliphatic heterocycles. The Morgan fingerprint density at radius 1 is 1.41 bits per heavy atom. The lowest BCUT2D eigenvalue weighted by atomic mass is 10.0. The van der Waals surface area contributed by atoms with E-state index >= 15 is 0 Å². The molecule has 1 N–H and O–H groups in total. The molecule has 100 valence electrons. The molecule has 2 fully saturated rings. The molecule has 1 saturated carbocycles. The van der Waals surface area contributed by atoms with Crippen LogP contribution in [0.5, 0.6) is 0 Å². The molecular formula is C13H25NO3. The predicted molar refractivity (Wildman–Crippen MR) is 66.0 cm³/mol. The monoisotopic (exact) mass is 243 g/mol. The molecule has 2 unspecified atom stereocenters. The molecular weight excluding hydrogens is 218 g/mol. The SMILES string of the molecule is CN(CCOCC1CC1)CC(O)C1CCOC1. The molecule has 1 heterocycles. The molecule has 2 rings (SSSR count). The molecule has 0 aromatic heterocycles. The van der Waals surface area contributed by atoms with E-state index in [2.05, 4.69) is 4.90 Å². The van der Waals surface area contributed by atoms with Crippen molar-refractivity contribution < 1.29 is 14.6 Å². The second-order valence-corrected chi connectivity index (χ2v) is 5.47. The minimum Gasteiger partial charge on any atom is -0.391 e. The molecule has 17 heavy (non-hydrogen) atoms. The van der Waals surface area contributed by atoms with Gasteiger partial charge in [-0.05, 0) is 32.2 Å². The summed E-state index contributed by atoms with van der Waals surface area (Å²) in [5.41, 5.74) is 0. The van der Waals surface area contributed by atoms with Crippen LogP contribution in [-0.2, 0) is 9.47 Å². The van der Waals surface area contributed by atoms with Gasteiger partial charge in [0.05, 0.1) is 19.3 Å². The van der Waals surface area contributed by atoms with E-state index < -0.39 is 0 Å². The van der Waals surface area contributed by atoms with Gasteiger partial charge in [0.1, 0.15) is 0 Å². The van der Waals surface area contributed by atoms with E-state index in [4.69, 9.17) is 9.47 Å². The van der Waals surface area contributed by atoms with Gasteiger partial charge in [-0.15, -0.1) is 0 Å². The fourth-order valence-electron chi connectivity index (χ4n) is 2.17. The molecule has 4 nitrogen and oxygen atoms in total. The van der Waals surface area contributed by atoms with Crippen molar-refractivity contribution in [3.63, 3.8) is 0 Å². The Kier molecular flexibility index (Phi) is 5.22. The van der Waals surface area contributed by atoms with Gasteiger partial charge in [-0.3, -0.25) is 0 Å². The number of nitrogens with zero attached hydrogens (tertiary/aromatic N) is 1. The average molecular weight is 243 g/mol. The van der Waals surface area contributed by atoms with E-state index in [0.29, 0.717) is 12.5 Å². The van der Waals surface area contributed by atoms with Crippen molar-refractivity contribution in [3.8, 4) is 0 Å². The van der Waals surface area contributed by atoms with Crippen LogP contribution in [0.25, 0.3) is 0 Å². The molecule has 0 bridgehead atoms. The highest BCUT2D eigenvalue weighted by molar-refractivity contribution is 4.75. The van der Waals surface area contributed by atoms with E-state index in [9.17, 15) is 5.11 Å². The van der Waals surface area contributed by atoms with Gasteiger partial charge in [-0.1, -0.05) is 0 Å². The van der Waals surface area contributed by atoms with Crippen molar-refractivity contribution in [2.75, 3.05) is 46.6 Å². The fraction of sp³-hybridized carbons (Fsp3) is 1.00. The number of aliphatic hydroxyl groups is 1. The minimum absolute atomic E-state index is 0.258. The zero-order valence-corrected chi connectivity index (χ0v) is 10.8. The smallest absolute Gasteiger partial charge is 0.0717 e. The van der Waals surface area contributed by atoms with Gasteiger partial charge in [0.15, 0.2) is 0 Å². The third kappa shape index (κ3) is 4.92. The summed E-state index contributed by atoms with van der Waals surface area (Å²) >= 11 is 0. The summed E-state index contributed by atoms with van der Waals surface area (Å²) in [7, 11) is 2.04. The molecule has 4 heteroatoms. The third-order valence-electron chi connectivity index (χ3n) is 3.68. The first-order chi connectivity index (χ1) is 8.25. The van der Waals surface area contributed by atoms with Crippen LogP contribution in [0.2, 0.25) is 0 Å². The van der Waals surface area contributed by atoms with Gasteiger partial charge >= 0.3 is 0 Å². The Hall–Kier alpha value is -0.160. The second-order valence-electron chi connectivity index (χ2n) is 5.47. The first kappa shape index (κ1) is 13.3. The summed E-state index contributed by atoms with van der Waals surface area (Å²) in [5, 5.41) is 10.0. The van der Waals surface area contributed by atoms with Crippen molar-refractivity contribution in [3.05, 3.63) is 0 Å². The summed E-state index contributed by atoms with van der Waals surface area (Å²) in [5.74, 6) is 1.16. The highest BCUT2D eigenvalue weighted by atomic mass is 16.5. The number of likely N-dealkylation sites (N-methyl/N-ethyl adjacent to an activating group) is 1. The molecule has 0 aromatic carbocycles. The molecule has 0 amide bonds. The van der Waals surface area contributed by atoms with Crippen molar-refractivity contribution >= 4 is 0 Å². The van der Waals surface area contributed by atoms with Crippen molar-refractivity contribution in [2.45, 2.75) is 25.4 Å². The molecule has 1 aliphatic carbocycles. The van der Waals surface area contributed by atoms with Gasteiger partial charge in [0.25, 0.3) is 0 Å². The van der Waals surface area contributed by atoms with Gasteiger partial charge in [-0.2, -0.15) is 0 Å². The number of ether oxygens (including phenoxy) is 2. The number of hydrogen-bond donors (Lipinski definition) is 1. The van der Waals surface area contributed by atoms with Crippen LogP contribution < -0.4 is 0 Å². The molecule has 0 spiro atoms. The Morgan fingerprint density at radius 2 is 2.24 bits per heavy atom. The van der Waals surface area contributed by atoms with Crippen LogP contribution >= 0.6 is 0 Å². The summed E-state index contributed by atoms with van der Waals surface area (Å²) in [6.45, 7) is 4.84. The van der Waals surface area contributed by atoms with Gasteiger partial charge in [0.2, 0.25) is 0 Å². The number of aliphatic hydroxyl groups excluding tert-OH is 1. The third-order valence-corrected chi connectivity index (χ3v) is 3.68. The van der Waals surface area contributed by atoms with Gasteiger partial charge in [-0.25, -0.2) is 0 Å². The van der Waals surface area contributed by atoms with Crippen LogP contribution in [0, 0.1) is 11.8 Å². The lowest BCUT2D eigenvalue weighted by molar-refractivity contribution is 0.0482. The lowest BCUT2D eigenvalue weighted by Crippen LogP contribution is -2.36. The first-order valence-electron chi connectivity index (χ1n) is 6.78. The summed E-state index contributed by atoms with van der Waals surface area (Å²) in [6, 6.07) is 0. The molecule has 0 radical (unpaired) electrons. The highest BCUT2D eigenvalue weighted by Gasteiger charge is 2.25. The maximum Gasteiger partial charge on any atom is 0.0717 e. The Bertz CT molecular complexity index is 215. The first-order valence-corrected chi connectivity index (χ1v) is 6.78. The predicted octanol–water partition coefficient (Wildman–Crippen LogP) is 0.742. The number of rotatable bonds is 8. The van der Waals surface area contributed by atoms with Crippen LogP contribution in [0.1, 0.15) is 19.3 Å². The summed E-state index contributed by atoms with van der Waals surface area (Å²) in [6.07, 6.45) is 3.42. The lowest BCUT2D eigenvalue weighted by Gasteiger charge is -2.23. The fourth-order valence-corrected chi connectivity index (χ4v) is 2.17. The van der Waals surface area contributed by atoms with Crippen LogP contribution in [0.3, 0.4) is 0 Å². The summed E-state index contributed by atoms with van der Waals surface area (Å²) < 4.78 is 10.9. The highest BCUT2D eigenvalue weighted by Crippen LogP contribution is 2.28. The van der Waals surface area contributed by atoms with Crippen LogP contribution in [0.15, 0.2) is 0 Å². The minimum atomic E-state index is -0.258. The van der Waals surface area contributed by atoms with Crippen LogP contribution in [-0.4, -0.2) is 62.7 Å². The van der Waals surface area contributed by atoms with Crippen molar-refractivity contribution in [2.24, 2.45) is 11.8 Å². The number of hydrogen-bond acceptors (Lipinski definition) is 4. The maximum absolute atomic E-state index is 10.0. The quantitative estimate of drug-likeness (QED) is 0.639. The van der Waals surface area contributed by atoms with Gasteiger partial charge < -0.3 is 19.5 Å². The van der Waals surface area contributed by atoms with Crippen molar-refractivity contribution in [1.29, 1.82) is 0 Å². The molecule has 2 aliphatic rings. The zero-order valence-electron chi connectivity index (χ0n) is 10.8. The van der Waals surface area contributed by atoms with E-state index in [-0.39, 0.29) is 6.10 Å². The molecule has 2 atom stereocenters. The van der Waals surface area contributed by atoms with E-state index in [1.807, 2.05) is 7.05 Å². The Balaban J connectivity index is 1.50. The topological polar surface area (TPSA) is 41.9 Å². The van der Waals surface area contributed by atoms with E-state index in [1.165, 1.54) is 12.8 Å².